The number of amides is 1. The number of halogens is 1. The Bertz CT molecular complexity index is 644. The number of anilines is 1. The normalized spacial score (nSPS) is 12.2. The Morgan fingerprint density at radius 2 is 1.91 bits per heavy atom. The number of hydrogen-bond donors (Lipinski definition) is 2. The van der Waals surface area contributed by atoms with E-state index in [2.05, 4.69) is 5.32 Å². The van der Waals surface area contributed by atoms with Gasteiger partial charge in [-0.25, -0.2) is 0 Å². The van der Waals surface area contributed by atoms with Crippen LogP contribution in [0.4, 0.5) is 5.69 Å². The van der Waals surface area contributed by atoms with Gasteiger partial charge in [0.25, 0.3) is 5.91 Å². The van der Waals surface area contributed by atoms with Crippen LogP contribution >= 0.6 is 11.6 Å². The van der Waals surface area contributed by atoms with Gasteiger partial charge in [0.2, 0.25) is 0 Å². The Morgan fingerprint density at radius 3 is 2.50 bits per heavy atom. The molecule has 0 saturated heterocycles. The lowest BCUT2D eigenvalue weighted by Gasteiger charge is -2.14. The van der Waals surface area contributed by atoms with E-state index in [1.807, 2.05) is 31.1 Å². The number of nitrogens with one attached hydrogen (secondary N) is 1. The zero-order valence-electron chi connectivity index (χ0n) is 12.6. The molecule has 1 amide bonds. The van der Waals surface area contributed by atoms with Crippen molar-refractivity contribution in [3.63, 3.8) is 0 Å². The van der Waals surface area contributed by atoms with E-state index in [4.69, 9.17) is 11.6 Å². The predicted molar refractivity (Wildman–Crippen MR) is 88.9 cm³/mol. The molecule has 0 bridgehead atoms. The molecule has 0 saturated carbocycles. The minimum atomic E-state index is -1.21. The van der Waals surface area contributed by atoms with Crippen molar-refractivity contribution < 1.29 is 9.90 Å². The van der Waals surface area contributed by atoms with E-state index in [1.165, 1.54) is 0 Å². The van der Waals surface area contributed by atoms with E-state index in [0.717, 1.165) is 12.1 Å². The summed E-state index contributed by atoms with van der Waals surface area (Å²) in [5.41, 5.74) is 2.09. The molecule has 0 aliphatic heterocycles. The van der Waals surface area contributed by atoms with Crippen molar-refractivity contribution in [2.75, 3.05) is 19.4 Å². The summed E-state index contributed by atoms with van der Waals surface area (Å²) in [5.74, 6) is -0.484. The molecule has 2 aromatic rings. The molecule has 1 atom stereocenters. The van der Waals surface area contributed by atoms with Gasteiger partial charge in [-0.15, -0.1) is 0 Å². The molecule has 22 heavy (non-hydrogen) atoms. The molecule has 0 aliphatic carbocycles. The molecule has 2 aromatic carbocycles. The number of aliphatic hydroxyl groups excluding tert-OH is 1. The first-order valence-corrected chi connectivity index (χ1v) is 7.32. The highest BCUT2D eigenvalue weighted by Gasteiger charge is 2.17. The molecular weight excluding hydrogens is 300 g/mol. The zero-order valence-corrected chi connectivity index (χ0v) is 13.3. The summed E-state index contributed by atoms with van der Waals surface area (Å²) in [7, 11) is 3.92. The fraction of sp³-hybridized carbons (Fsp3) is 0.235. The van der Waals surface area contributed by atoms with Gasteiger partial charge in [0.1, 0.15) is 0 Å². The van der Waals surface area contributed by atoms with Gasteiger partial charge < -0.3 is 15.3 Å². The molecule has 0 radical (unpaired) electrons. The fourth-order valence-corrected chi connectivity index (χ4v) is 2.33. The Hall–Kier alpha value is -1.88. The van der Waals surface area contributed by atoms with Crippen molar-refractivity contribution in [2.45, 2.75) is 12.6 Å². The van der Waals surface area contributed by atoms with E-state index in [0.29, 0.717) is 16.3 Å². The average molecular weight is 319 g/mol. The lowest BCUT2D eigenvalue weighted by atomic mass is 10.1. The number of aliphatic hydroxyl groups is 1. The maximum atomic E-state index is 12.1. The summed E-state index contributed by atoms with van der Waals surface area (Å²) in [6.07, 6.45) is -1.21. The molecule has 0 spiro atoms. The predicted octanol–water partition coefficient (Wildman–Crippen LogP) is 3.07. The number of benzene rings is 2. The summed E-state index contributed by atoms with van der Waals surface area (Å²) in [6, 6.07) is 14.1. The van der Waals surface area contributed by atoms with Gasteiger partial charge in [-0.1, -0.05) is 48.0 Å². The van der Waals surface area contributed by atoms with Crippen LogP contribution in [0.1, 0.15) is 17.2 Å². The summed E-state index contributed by atoms with van der Waals surface area (Å²) >= 11 is 6.21. The number of rotatable bonds is 5. The minimum Gasteiger partial charge on any atom is -0.378 e. The van der Waals surface area contributed by atoms with Gasteiger partial charge >= 0.3 is 0 Å². The van der Waals surface area contributed by atoms with Gasteiger partial charge in [0.15, 0.2) is 6.10 Å². The molecule has 0 aliphatic rings. The van der Waals surface area contributed by atoms with Crippen molar-refractivity contribution in [1.29, 1.82) is 0 Å². The molecule has 2 rings (SSSR count). The van der Waals surface area contributed by atoms with E-state index in [9.17, 15) is 9.90 Å². The fourth-order valence-electron chi connectivity index (χ4n) is 2.09. The lowest BCUT2D eigenvalue weighted by molar-refractivity contribution is -0.124. The van der Waals surface area contributed by atoms with Gasteiger partial charge in [-0.05, 0) is 37.4 Å². The highest BCUT2D eigenvalue weighted by Crippen LogP contribution is 2.23. The summed E-state index contributed by atoms with van der Waals surface area (Å²) in [6.45, 7) is 0.722. The van der Waals surface area contributed by atoms with Gasteiger partial charge in [-0.2, -0.15) is 0 Å². The van der Waals surface area contributed by atoms with Crippen LogP contribution < -0.4 is 5.32 Å². The Kier molecular flexibility index (Phi) is 5.55. The van der Waals surface area contributed by atoms with E-state index < -0.39 is 12.0 Å². The zero-order chi connectivity index (χ0) is 16.1. The number of carbonyl (C=O) groups excluding carboxylic acids is 1. The first-order valence-electron chi connectivity index (χ1n) is 6.94. The minimum absolute atomic E-state index is 0.484. The first-order chi connectivity index (χ1) is 10.5. The van der Waals surface area contributed by atoms with Gasteiger partial charge in [0.05, 0.1) is 0 Å². The van der Waals surface area contributed by atoms with Crippen LogP contribution in [0.25, 0.3) is 0 Å². The second kappa shape index (κ2) is 7.40. The Labute approximate surface area is 135 Å². The van der Waals surface area contributed by atoms with Gasteiger partial charge in [-0.3, -0.25) is 4.79 Å². The number of nitrogens with zero attached hydrogens (tertiary/aromatic N) is 1. The lowest BCUT2D eigenvalue weighted by Crippen LogP contribution is -2.20. The highest BCUT2D eigenvalue weighted by molar-refractivity contribution is 6.31. The maximum absolute atomic E-state index is 12.1. The van der Waals surface area contributed by atoms with Gasteiger partial charge in [0, 0.05) is 17.3 Å². The third kappa shape index (κ3) is 4.31. The second-order valence-corrected chi connectivity index (χ2v) is 5.75. The molecule has 5 heteroatoms. The number of hydrogen-bond acceptors (Lipinski definition) is 3. The largest absolute Gasteiger partial charge is 0.378 e. The van der Waals surface area contributed by atoms with Crippen LogP contribution in [0.2, 0.25) is 5.02 Å². The maximum Gasteiger partial charge on any atom is 0.257 e. The molecule has 0 aromatic heterocycles. The van der Waals surface area contributed by atoms with Crippen LogP contribution in [0, 0.1) is 0 Å². The molecule has 2 N–H and O–H groups in total. The standard InChI is InChI=1S/C17H19ClN2O2/c1-20(2)11-13-8-9-14(10-15(13)18)19-17(22)16(21)12-6-4-3-5-7-12/h3-10,16,21H,11H2,1-2H3,(H,19,22)/t16-/m1/s1. The van der Waals surface area contributed by atoms with Crippen LogP contribution in [0.5, 0.6) is 0 Å². The first kappa shape index (κ1) is 16.5. The van der Waals surface area contributed by atoms with Crippen LogP contribution in [-0.2, 0) is 11.3 Å². The number of carbonyl (C=O) groups is 1. The molecule has 0 unspecified atom stereocenters. The Balaban J connectivity index is 2.07. The molecule has 0 fully saturated rings. The summed E-state index contributed by atoms with van der Waals surface area (Å²) < 4.78 is 0. The molecular formula is C17H19ClN2O2. The topological polar surface area (TPSA) is 52.6 Å². The molecule has 116 valence electrons. The molecule has 4 nitrogen and oxygen atoms in total. The van der Waals surface area contributed by atoms with E-state index in [-0.39, 0.29) is 0 Å². The van der Waals surface area contributed by atoms with Crippen LogP contribution in [-0.4, -0.2) is 30.0 Å². The molecule has 0 heterocycles. The second-order valence-electron chi connectivity index (χ2n) is 5.35. The van der Waals surface area contributed by atoms with Crippen molar-refractivity contribution in [1.82, 2.24) is 4.90 Å². The van der Waals surface area contributed by atoms with Crippen molar-refractivity contribution >= 4 is 23.2 Å². The van der Waals surface area contributed by atoms with E-state index in [1.54, 1.807) is 36.4 Å². The Morgan fingerprint density at radius 1 is 1.23 bits per heavy atom. The van der Waals surface area contributed by atoms with Crippen molar-refractivity contribution in [3.05, 3.63) is 64.7 Å². The quantitative estimate of drug-likeness (QED) is 0.891. The van der Waals surface area contributed by atoms with Crippen LogP contribution in [0.15, 0.2) is 48.5 Å². The SMILES string of the molecule is CN(C)Cc1ccc(NC(=O)[C@H](O)c2ccccc2)cc1Cl. The summed E-state index contributed by atoms with van der Waals surface area (Å²) in [5, 5.41) is 13.3. The van der Waals surface area contributed by atoms with E-state index >= 15 is 0 Å². The third-order valence-corrected chi connectivity index (χ3v) is 3.52. The smallest absolute Gasteiger partial charge is 0.257 e. The third-order valence-electron chi connectivity index (χ3n) is 3.17. The summed E-state index contributed by atoms with van der Waals surface area (Å²) in [4.78, 5) is 14.1. The van der Waals surface area contributed by atoms with Crippen molar-refractivity contribution in [3.8, 4) is 0 Å². The average Bonchev–Trinajstić information content (AvgIpc) is 2.49. The monoisotopic (exact) mass is 318 g/mol. The van der Waals surface area contributed by atoms with Crippen molar-refractivity contribution in [2.24, 2.45) is 0 Å². The highest BCUT2D eigenvalue weighted by atomic mass is 35.5. The van der Waals surface area contributed by atoms with Crippen LogP contribution in [0.3, 0.4) is 0 Å².